The molecule has 1 saturated heterocycles. The van der Waals surface area contributed by atoms with E-state index in [2.05, 4.69) is 15.2 Å². The zero-order chi connectivity index (χ0) is 20.1. The zero-order valence-corrected chi connectivity index (χ0v) is 16.7. The third-order valence-electron chi connectivity index (χ3n) is 4.84. The Kier molecular flexibility index (Phi) is 6.33. The highest BCUT2D eigenvalue weighted by atomic mass is 32.1. The fourth-order valence-electron chi connectivity index (χ4n) is 3.40. The van der Waals surface area contributed by atoms with Crippen molar-refractivity contribution in [3.05, 3.63) is 65.1 Å². The Hall–Kier alpha value is -2.55. The Balaban J connectivity index is 1.39. The Labute approximate surface area is 172 Å². The van der Waals surface area contributed by atoms with E-state index >= 15 is 0 Å². The number of hydrogen-bond acceptors (Lipinski definition) is 6. The van der Waals surface area contributed by atoms with Gasteiger partial charge in [-0.05, 0) is 29.8 Å². The molecule has 2 aromatic heterocycles. The summed E-state index contributed by atoms with van der Waals surface area (Å²) in [7, 11) is 0. The Bertz CT molecular complexity index is 938. The van der Waals surface area contributed by atoms with Crippen molar-refractivity contribution in [2.24, 2.45) is 0 Å². The van der Waals surface area contributed by atoms with Crippen LogP contribution in [0.3, 0.4) is 0 Å². The number of nitrogens with zero attached hydrogens (tertiary/aromatic N) is 2. The first kappa shape index (κ1) is 19.8. The first-order valence-electron chi connectivity index (χ1n) is 9.51. The molecule has 1 N–H and O–H groups in total. The molecule has 1 amide bonds. The maximum Gasteiger partial charge on any atom is 0.226 e. The van der Waals surface area contributed by atoms with Gasteiger partial charge in [-0.15, -0.1) is 11.3 Å². The second-order valence-corrected chi connectivity index (χ2v) is 7.68. The van der Waals surface area contributed by atoms with Gasteiger partial charge in [-0.3, -0.25) is 9.69 Å². The molecule has 1 atom stereocenters. The molecule has 1 fully saturated rings. The van der Waals surface area contributed by atoms with E-state index in [-0.39, 0.29) is 24.2 Å². The number of furan rings is 1. The van der Waals surface area contributed by atoms with E-state index in [0.717, 1.165) is 23.7 Å². The van der Waals surface area contributed by atoms with Crippen molar-refractivity contribution in [3.8, 4) is 10.8 Å². The number of rotatable bonds is 7. The van der Waals surface area contributed by atoms with E-state index < -0.39 is 0 Å². The molecule has 29 heavy (non-hydrogen) atoms. The molecule has 3 heterocycles. The topological polar surface area (TPSA) is 67.6 Å². The van der Waals surface area contributed by atoms with Crippen LogP contribution in [-0.2, 0) is 16.0 Å². The Morgan fingerprint density at radius 1 is 1.28 bits per heavy atom. The van der Waals surface area contributed by atoms with Gasteiger partial charge in [0.1, 0.15) is 5.82 Å². The van der Waals surface area contributed by atoms with Gasteiger partial charge in [-0.2, -0.15) is 0 Å². The van der Waals surface area contributed by atoms with Crippen molar-refractivity contribution in [3.63, 3.8) is 0 Å². The minimum atomic E-state index is -0.278. The van der Waals surface area contributed by atoms with Gasteiger partial charge < -0.3 is 14.5 Å². The SMILES string of the molecule is O=C(Cc1csc(-c2ccco2)n1)NCC(c1cccc(F)c1)N1CCOCC1. The predicted octanol–water partition coefficient (Wildman–Crippen LogP) is 3.27. The van der Waals surface area contributed by atoms with E-state index in [1.807, 2.05) is 17.5 Å². The molecule has 0 spiro atoms. The number of carbonyl (C=O) groups is 1. The van der Waals surface area contributed by atoms with Crippen molar-refractivity contribution in [2.45, 2.75) is 12.5 Å². The number of benzene rings is 1. The summed E-state index contributed by atoms with van der Waals surface area (Å²) in [6.07, 6.45) is 1.79. The molecule has 0 radical (unpaired) electrons. The van der Waals surface area contributed by atoms with Gasteiger partial charge in [-0.1, -0.05) is 12.1 Å². The third-order valence-corrected chi connectivity index (χ3v) is 5.74. The number of amides is 1. The molecule has 1 aromatic carbocycles. The number of carbonyl (C=O) groups excluding carboxylic acids is 1. The molecule has 1 aliphatic rings. The van der Waals surface area contributed by atoms with E-state index in [0.29, 0.717) is 31.2 Å². The number of thiazole rings is 1. The van der Waals surface area contributed by atoms with Crippen LogP contribution in [0.15, 0.2) is 52.5 Å². The summed E-state index contributed by atoms with van der Waals surface area (Å²) >= 11 is 1.45. The largest absolute Gasteiger partial charge is 0.462 e. The first-order valence-corrected chi connectivity index (χ1v) is 10.4. The van der Waals surface area contributed by atoms with Crippen molar-refractivity contribution >= 4 is 17.2 Å². The summed E-state index contributed by atoms with van der Waals surface area (Å²) in [6, 6.07) is 10.1. The fourth-order valence-corrected chi connectivity index (χ4v) is 4.19. The lowest BCUT2D eigenvalue weighted by Gasteiger charge is -2.35. The van der Waals surface area contributed by atoms with Gasteiger partial charge in [0.05, 0.1) is 37.6 Å². The van der Waals surface area contributed by atoms with Gasteiger partial charge >= 0.3 is 0 Å². The summed E-state index contributed by atoms with van der Waals surface area (Å²) in [5.74, 6) is 0.302. The lowest BCUT2D eigenvalue weighted by molar-refractivity contribution is -0.120. The maximum atomic E-state index is 13.8. The molecule has 152 valence electrons. The lowest BCUT2D eigenvalue weighted by atomic mass is 10.0. The summed E-state index contributed by atoms with van der Waals surface area (Å²) in [6.45, 7) is 3.16. The van der Waals surface area contributed by atoms with Crippen LogP contribution in [-0.4, -0.2) is 48.6 Å². The highest BCUT2D eigenvalue weighted by Gasteiger charge is 2.23. The van der Waals surface area contributed by atoms with Crippen LogP contribution in [0.5, 0.6) is 0 Å². The molecule has 0 aliphatic carbocycles. The van der Waals surface area contributed by atoms with Gasteiger partial charge in [-0.25, -0.2) is 9.37 Å². The minimum Gasteiger partial charge on any atom is -0.462 e. The second-order valence-electron chi connectivity index (χ2n) is 6.82. The standard InChI is InChI=1S/C21H22FN3O3S/c22-16-4-1-3-15(11-16)18(25-6-9-27-10-7-25)13-23-20(26)12-17-14-29-21(24-17)19-5-2-8-28-19/h1-5,8,11,14,18H,6-7,9-10,12-13H2,(H,23,26). The Morgan fingerprint density at radius 2 is 2.14 bits per heavy atom. The van der Waals surface area contributed by atoms with Crippen LogP contribution in [0.25, 0.3) is 10.8 Å². The fraction of sp³-hybridized carbons (Fsp3) is 0.333. The van der Waals surface area contributed by atoms with Gasteiger partial charge in [0, 0.05) is 25.0 Å². The number of halogens is 1. The van der Waals surface area contributed by atoms with E-state index in [1.54, 1.807) is 18.4 Å². The van der Waals surface area contributed by atoms with E-state index in [1.165, 1.54) is 23.5 Å². The molecule has 8 heteroatoms. The third kappa shape index (κ3) is 5.09. The van der Waals surface area contributed by atoms with Crippen LogP contribution >= 0.6 is 11.3 Å². The molecular formula is C21H22FN3O3S. The Morgan fingerprint density at radius 3 is 2.90 bits per heavy atom. The monoisotopic (exact) mass is 415 g/mol. The number of hydrogen-bond donors (Lipinski definition) is 1. The number of ether oxygens (including phenoxy) is 1. The van der Waals surface area contributed by atoms with Crippen LogP contribution in [0.4, 0.5) is 4.39 Å². The van der Waals surface area contributed by atoms with Gasteiger partial charge in [0.25, 0.3) is 0 Å². The quantitative estimate of drug-likeness (QED) is 0.642. The van der Waals surface area contributed by atoms with E-state index in [9.17, 15) is 9.18 Å². The molecule has 0 saturated carbocycles. The van der Waals surface area contributed by atoms with Crippen LogP contribution in [0.2, 0.25) is 0 Å². The molecule has 6 nitrogen and oxygen atoms in total. The number of aromatic nitrogens is 1. The average molecular weight is 415 g/mol. The molecule has 4 rings (SSSR count). The van der Waals surface area contributed by atoms with Crippen molar-refractivity contribution in [1.29, 1.82) is 0 Å². The smallest absolute Gasteiger partial charge is 0.226 e. The number of nitrogens with one attached hydrogen (secondary N) is 1. The van der Waals surface area contributed by atoms with Crippen molar-refractivity contribution in [1.82, 2.24) is 15.2 Å². The summed E-state index contributed by atoms with van der Waals surface area (Å²) in [5, 5.41) is 5.61. The van der Waals surface area contributed by atoms with Crippen molar-refractivity contribution < 1.29 is 18.3 Å². The molecule has 1 aliphatic heterocycles. The lowest BCUT2D eigenvalue weighted by Crippen LogP contribution is -2.44. The van der Waals surface area contributed by atoms with Crippen LogP contribution < -0.4 is 5.32 Å². The highest BCUT2D eigenvalue weighted by Crippen LogP contribution is 2.24. The predicted molar refractivity (Wildman–Crippen MR) is 108 cm³/mol. The number of morpholine rings is 1. The molecular weight excluding hydrogens is 393 g/mol. The average Bonchev–Trinajstić information content (AvgIpc) is 3.41. The molecule has 3 aromatic rings. The minimum absolute atomic E-state index is 0.104. The van der Waals surface area contributed by atoms with Crippen molar-refractivity contribution in [2.75, 3.05) is 32.8 Å². The van der Waals surface area contributed by atoms with E-state index in [4.69, 9.17) is 9.15 Å². The molecule has 1 unspecified atom stereocenters. The van der Waals surface area contributed by atoms with Gasteiger partial charge in [0.2, 0.25) is 5.91 Å². The van der Waals surface area contributed by atoms with Crippen LogP contribution in [0.1, 0.15) is 17.3 Å². The molecule has 0 bridgehead atoms. The highest BCUT2D eigenvalue weighted by molar-refractivity contribution is 7.13. The van der Waals surface area contributed by atoms with Gasteiger partial charge in [0.15, 0.2) is 10.8 Å². The maximum absolute atomic E-state index is 13.8. The summed E-state index contributed by atoms with van der Waals surface area (Å²) < 4.78 is 24.5. The zero-order valence-electron chi connectivity index (χ0n) is 15.8. The summed E-state index contributed by atoms with van der Waals surface area (Å²) in [5.41, 5.74) is 1.55. The normalized spacial score (nSPS) is 15.9. The second kappa shape index (κ2) is 9.30. The first-order chi connectivity index (χ1) is 14.2. The summed E-state index contributed by atoms with van der Waals surface area (Å²) in [4.78, 5) is 19.2. The van der Waals surface area contributed by atoms with Crippen LogP contribution in [0, 0.1) is 5.82 Å².